The zero-order chi connectivity index (χ0) is 17.2. The third-order valence-electron chi connectivity index (χ3n) is 3.64. The Bertz CT molecular complexity index is 1070. The van der Waals surface area contributed by atoms with Gasteiger partial charge in [-0.25, -0.2) is 0 Å². The van der Waals surface area contributed by atoms with Gasteiger partial charge in [0.15, 0.2) is 5.01 Å². The van der Waals surface area contributed by atoms with Crippen LogP contribution in [0.25, 0.3) is 21.5 Å². The normalized spacial score (nSPS) is 10.8. The van der Waals surface area contributed by atoms with E-state index in [2.05, 4.69) is 20.5 Å². The average Bonchev–Trinajstić information content (AvgIpc) is 3.09. The summed E-state index contributed by atoms with van der Waals surface area (Å²) in [4.78, 5) is 16.9. The van der Waals surface area contributed by atoms with E-state index in [9.17, 15) is 4.79 Å². The summed E-state index contributed by atoms with van der Waals surface area (Å²) in [5, 5.41) is 13.4. The van der Waals surface area contributed by atoms with Crippen LogP contribution in [0, 0.1) is 0 Å². The van der Waals surface area contributed by atoms with Gasteiger partial charge in [0.2, 0.25) is 5.13 Å². The number of benzene rings is 2. The van der Waals surface area contributed by atoms with E-state index >= 15 is 0 Å². The fraction of sp³-hybridized carbons (Fsp3) is 0. The van der Waals surface area contributed by atoms with Crippen LogP contribution in [-0.2, 0) is 0 Å². The zero-order valence-electron chi connectivity index (χ0n) is 12.8. The maximum Gasteiger partial charge on any atom is 0.258 e. The number of rotatable bonds is 3. The fourth-order valence-electron chi connectivity index (χ4n) is 2.48. The number of hydrogen-bond acceptors (Lipinski definition) is 5. The fourth-order valence-corrected chi connectivity index (χ4v) is 3.54. The van der Waals surface area contributed by atoms with Gasteiger partial charge in [-0.15, -0.1) is 10.2 Å². The van der Waals surface area contributed by atoms with Crippen molar-refractivity contribution >= 4 is 44.9 Å². The first-order valence-electron chi connectivity index (χ1n) is 7.46. The van der Waals surface area contributed by atoms with Crippen molar-refractivity contribution in [1.29, 1.82) is 0 Å². The molecule has 0 aliphatic heterocycles. The van der Waals surface area contributed by atoms with Crippen molar-refractivity contribution in [3.8, 4) is 10.6 Å². The van der Waals surface area contributed by atoms with Gasteiger partial charge in [-0.2, -0.15) is 0 Å². The minimum Gasteiger partial charge on any atom is -0.296 e. The number of nitrogens with zero attached hydrogens (tertiary/aromatic N) is 3. The first kappa shape index (κ1) is 15.7. The Morgan fingerprint density at radius 2 is 1.88 bits per heavy atom. The average molecular weight is 367 g/mol. The Labute approximate surface area is 152 Å². The Balaban J connectivity index is 1.62. The highest BCUT2D eigenvalue weighted by Crippen LogP contribution is 2.31. The Morgan fingerprint density at radius 1 is 1.00 bits per heavy atom. The molecule has 0 aliphatic rings. The van der Waals surface area contributed by atoms with Crippen molar-refractivity contribution in [2.45, 2.75) is 0 Å². The lowest BCUT2D eigenvalue weighted by Gasteiger charge is -2.05. The van der Waals surface area contributed by atoms with E-state index in [4.69, 9.17) is 11.6 Å². The third kappa shape index (κ3) is 3.09. The Morgan fingerprint density at radius 3 is 2.76 bits per heavy atom. The van der Waals surface area contributed by atoms with Crippen LogP contribution in [0.15, 0.2) is 60.8 Å². The van der Waals surface area contributed by atoms with E-state index in [1.54, 1.807) is 30.5 Å². The van der Waals surface area contributed by atoms with E-state index in [1.807, 2.05) is 30.3 Å². The molecule has 122 valence electrons. The maximum atomic E-state index is 12.6. The number of fused-ring (bicyclic) bond motifs is 1. The molecule has 2 aromatic heterocycles. The first-order chi connectivity index (χ1) is 12.2. The highest BCUT2D eigenvalue weighted by molar-refractivity contribution is 7.18. The van der Waals surface area contributed by atoms with Gasteiger partial charge >= 0.3 is 0 Å². The first-order valence-corrected chi connectivity index (χ1v) is 8.65. The number of nitrogens with one attached hydrogen (secondary N) is 1. The van der Waals surface area contributed by atoms with Crippen molar-refractivity contribution in [3.63, 3.8) is 0 Å². The molecule has 4 aromatic rings. The molecule has 1 N–H and O–H groups in total. The van der Waals surface area contributed by atoms with Crippen LogP contribution in [0.3, 0.4) is 0 Å². The summed E-state index contributed by atoms with van der Waals surface area (Å²) < 4.78 is 0. The lowest BCUT2D eigenvalue weighted by molar-refractivity contribution is 0.102. The van der Waals surface area contributed by atoms with Gasteiger partial charge in [0.1, 0.15) is 0 Å². The van der Waals surface area contributed by atoms with E-state index < -0.39 is 0 Å². The number of carbonyl (C=O) groups excluding carboxylic acids is 1. The van der Waals surface area contributed by atoms with Gasteiger partial charge in [-0.05, 0) is 24.3 Å². The number of amides is 1. The number of pyridine rings is 1. The maximum absolute atomic E-state index is 12.6. The summed E-state index contributed by atoms with van der Waals surface area (Å²) in [5.74, 6) is -0.250. The summed E-state index contributed by atoms with van der Waals surface area (Å²) in [5.41, 5.74) is 2.10. The minimum absolute atomic E-state index is 0.250. The summed E-state index contributed by atoms with van der Waals surface area (Å²) in [6, 6.07) is 16.5. The molecule has 0 spiro atoms. The van der Waals surface area contributed by atoms with Crippen LogP contribution in [0.5, 0.6) is 0 Å². The van der Waals surface area contributed by atoms with Gasteiger partial charge < -0.3 is 0 Å². The monoisotopic (exact) mass is 366 g/mol. The lowest BCUT2D eigenvalue weighted by atomic mass is 10.1. The molecule has 0 bridgehead atoms. The summed E-state index contributed by atoms with van der Waals surface area (Å²) >= 11 is 7.45. The molecular weight excluding hydrogens is 356 g/mol. The van der Waals surface area contributed by atoms with Gasteiger partial charge in [0.05, 0.1) is 10.5 Å². The highest BCUT2D eigenvalue weighted by Gasteiger charge is 2.14. The van der Waals surface area contributed by atoms with Crippen molar-refractivity contribution in [1.82, 2.24) is 15.2 Å². The summed E-state index contributed by atoms with van der Waals surface area (Å²) in [7, 11) is 0. The van der Waals surface area contributed by atoms with Crippen molar-refractivity contribution in [3.05, 3.63) is 71.4 Å². The van der Waals surface area contributed by atoms with Gasteiger partial charge in [0, 0.05) is 22.7 Å². The predicted octanol–water partition coefficient (Wildman–Crippen LogP) is 4.66. The number of anilines is 1. The molecule has 7 heteroatoms. The SMILES string of the molecule is O=C(Nc1nnc(-c2ccccc2Cl)s1)c1cccc2ncccc12. The van der Waals surface area contributed by atoms with Crippen molar-refractivity contribution in [2.24, 2.45) is 0 Å². The smallest absolute Gasteiger partial charge is 0.258 e. The van der Waals surface area contributed by atoms with Crippen LogP contribution < -0.4 is 5.32 Å². The minimum atomic E-state index is -0.250. The molecule has 0 saturated heterocycles. The summed E-state index contributed by atoms with van der Waals surface area (Å²) in [6.45, 7) is 0. The number of hydrogen-bond donors (Lipinski definition) is 1. The van der Waals surface area contributed by atoms with Gasteiger partial charge in [0.25, 0.3) is 5.91 Å². The molecule has 0 radical (unpaired) electrons. The third-order valence-corrected chi connectivity index (χ3v) is 4.84. The largest absolute Gasteiger partial charge is 0.296 e. The van der Waals surface area contributed by atoms with Crippen LogP contribution in [-0.4, -0.2) is 21.1 Å². The number of halogens is 1. The molecule has 5 nitrogen and oxygen atoms in total. The van der Waals surface area contributed by atoms with E-state index in [0.29, 0.717) is 20.7 Å². The molecule has 0 fully saturated rings. The molecule has 1 amide bonds. The second-order valence-corrected chi connectivity index (χ2v) is 6.61. The van der Waals surface area contributed by atoms with Gasteiger partial charge in [-0.1, -0.05) is 53.3 Å². The molecule has 4 rings (SSSR count). The second kappa shape index (κ2) is 6.58. The van der Waals surface area contributed by atoms with Crippen LogP contribution in [0.4, 0.5) is 5.13 Å². The molecule has 0 aliphatic carbocycles. The van der Waals surface area contributed by atoms with Gasteiger partial charge in [-0.3, -0.25) is 15.1 Å². The standard InChI is InChI=1S/C18H11ClN4OS/c19-14-8-2-1-5-13(14)17-22-23-18(25-17)21-16(24)12-6-3-9-15-11(12)7-4-10-20-15/h1-10H,(H,21,23,24). The van der Waals surface area contributed by atoms with Crippen LogP contribution in [0.2, 0.25) is 5.02 Å². The molecule has 0 atom stereocenters. The molecule has 0 unspecified atom stereocenters. The predicted molar refractivity (Wildman–Crippen MR) is 100 cm³/mol. The highest BCUT2D eigenvalue weighted by atomic mass is 35.5. The topological polar surface area (TPSA) is 67.8 Å². The van der Waals surface area contributed by atoms with E-state index in [-0.39, 0.29) is 5.91 Å². The quantitative estimate of drug-likeness (QED) is 0.572. The molecule has 2 heterocycles. The van der Waals surface area contributed by atoms with E-state index in [0.717, 1.165) is 16.5 Å². The number of aromatic nitrogens is 3. The van der Waals surface area contributed by atoms with Crippen molar-refractivity contribution < 1.29 is 4.79 Å². The Hall–Kier alpha value is -2.83. The zero-order valence-corrected chi connectivity index (χ0v) is 14.4. The molecule has 25 heavy (non-hydrogen) atoms. The number of carbonyl (C=O) groups is 1. The second-order valence-electron chi connectivity index (χ2n) is 5.22. The van der Waals surface area contributed by atoms with Crippen molar-refractivity contribution in [2.75, 3.05) is 5.32 Å². The molecule has 0 saturated carbocycles. The summed E-state index contributed by atoms with van der Waals surface area (Å²) in [6.07, 6.45) is 1.70. The van der Waals surface area contributed by atoms with Crippen LogP contribution in [0.1, 0.15) is 10.4 Å². The van der Waals surface area contributed by atoms with Crippen LogP contribution >= 0.6 is 22.9 Å². The Kier molecular flexibility index (Phi) is 4.13. The van der Waals surface area contributed by atoms with E-state index in [1.165, 1.54) is 11.3 Å². The molecule has 2 aromatic carbocycles. The molecular formula is C18H11ClN4OS. The lowest BCUT2D eigenvalue weighted by Crippen LogP contribution is -2.12.